The number of esters is 1. The fraction of sp³-hybridized carbons (Fsp3) is 0.160. The zero-order valence-electron chi connectivity index (χ0n) is 17.7. The number of carbonyl (C=O) groups excluding carboxylic acids is 1. The third-order valence-electron chi connectivity index (χ3n) is 4.47. The van der Waals surface area contributed by atoms with Crippen molar-refractivity contribution in [2.24, 2.45) is 0 Å². The van der Waals surface area contributed by atoms with Crippen molar-refractivity contribution in [2.45, 2.75) is 0 Å². The first-order chi connectivity index (χ1) is 15.1. The summed E-state index contributed by atoms with van der Waals surface area (Å²) in [5.41, 5.74) is 2.79. The number of ether oxygens (including phenoxy) is 5. The summed E-state index contributed by atoms with van der Waals surface area (Å²) in [5, 5.41) is 0. The summed E-state index contributed by atoms with van der Waals surface area (Å²) in [6.07, 6.45) is 0. The Morgan fingerprint density at radius 3 is 1.71 bits per heavy atom. The highest BCUT2D eigenvalue weighted by molar-refractivity contribution is 5.91. The number of methoxy groups -OCH3 is 4. The molecule has 0 atom stereocenters. The minimum atomic E-state index is -0.700. The van der Waals surface area contributed by atoms with Crippen LogP contribution in [0.2, 0.25) is 0 Å². The second-order valence-corrected chi connectivity index (χ2v) is 6.31. The van der Waals surface area contributed by atoms with Gasteiger partial charge in [-0.15, -0.1) is 0 Å². The van der Waals surface area contributed by atoms with Crippen molar-refractivity contribution in [2.75, 3.05) is 28.4 Å². The fourth-order valence-corrected chi connectivity index (χ4v) is 2.90. The van der Waals surface area contributed by atoms with Gasteiger partial charge in [-0.1, -0.05) is 30.2 Å². The summed E-state index contributed by atoms with van der Waals surface area (Å²) in [6, 6.07) is 18.4. The quantitative estimate of drug-likeness (QED) is 0.337. The van der Waals surface area contributed by atoms with Crippen molar-refractivity contribution in [1.82, 2.24) is 0 Å². The van der Waals surface area contributed by atoms with Crippen molar-refractivity contribution in [1.29, 1.82) is 0 Å². The molecule has 0 aliphatic heterocycles. The van der Waals surface area contributed by atoms with Gasteiger partial charge in [0.2, 0.25) is 5.75 Å². The molecule has 0 aromatic heterocycles. The first-order valence-corrected chi connectivity index (χ1v) is 9.36. The lowest BCUT2D eigenvalue weighted by Gasteiger charge is -2.13. The normalized spacial score (nSPS) is 9.81. The van der Waals surface area contributed by atoms with Crippen LogP contribution < -0.4 is 23.7 Å². The summed E-state index contributed by atoms with van der Waals surface area (Å²) in [4.78, 5) is 12.2. The van der Waals surface area contributed by atoms with Crippen LogP contribution in [0.1, 0.15) is 5.56 Å². The Balaban J connectivity index is 1.71. The molecule has 0 bridgehead atoms. The smallest absolute Gasteiger partial charge is 0.390 e. The molecule has 0 heterocycles. The minimum absolute atomic E-state index is 0.239. The molecule has 0 amide bonds. The van der Waals surface area contributed by atoms with E-state index in [1.165, 1.54) is 33.5 Å². The molecule has 0 spiro atoms. The molecule has 0 saturated heterocycles. The number of benzene rings is 3. The third-order valence-corrected chi connectivity index (χ3v) is 4.47. The summed E-state index contributed by atoms with van der Waals surface area (Å²) in [6.45, 7) is 0. The number of hydrogen-bond donors (Lipinski definition) is 0. The monoisotopic (exact) mass is 418 g/mol. The van der Waals surface area contributed by atoms with Crippen LogP contribution in [-0.4, -0.2) is 34.4 Å². The molecule has 3 rings (SSSR count). The van der Waals surface area contributed by atoms with Gasteiger partial charge in [-0.2, -0.15) is 0 Å². The minimum Gasteiger partial charge on any atom is -0.497 e. The van der Waals surface area contributed by atoms with Gasteiger partial charge in [0.1, 0.15) is 11.5 Å². The Morgan fingerprint density at radius 2 is 1.23 bits per heavy atom. The van der Waals surface area contributed by atoms with Crippen LogP contribution >= 0.6 is 0 Å². The van der Waals surface area contributed by atoms with E-state index in [1.54, 1.807) is 7.11 Å². The van der Waals surface area contributed by atoms with Gasteiger partial charge in [-0.25, -0.2) is 4.79 Å². The van der Waals surface area contributed by atoms with Gasteiger partial charge >= 0.3 is 5.97 Å². The largest absolute Gasteiger partial charge is 0.497 e. The maximum atomic E-state index is 12.2. The van der Waals surface area contributed by atoms with E-state index in [0.29, 0.717) is 22.8 Å². The highest BCUT2D eigenvalue weighted by Gasteiger charge is 2.15. The van der Waals surface area contributed by atoms with Gasteiger partial charge in [0, 0.05) is 23.6 Å². The second-order valence-electron chi connectivity index (χ2n) is 6.31. The number of hydrogen-bond acceptors (Lipinski definition) is 6. The number of carbonyl (C=O) groups is 1. The van der Waals surface area contributed by atoms with E-state index in [9.17, 15) is 4.79 Å². The molecular formula is C25H22O6. The Hall–Kier alpha value is -4.11. The fourth-order valence-electron chi connectivity index (χ4n) is 2.90. The summed E-state index contributed by atoms with van der Waals surface area (Å²) in [5.74, 6) is 6.81. The Labute approximate surface area is 181 Å². The van der Waals surface area contributed by atoms with Crippen LogP contribution in [-0.2, 0) is 4.79 Å². The predicted molar refractivity (Wildman–Crippen MR) is 117 cm³/mol. The predicted octanol–water partition coefficient (Wildman–Crippen LogP) is 4.35. The van der Waals surface area contributed by atoms with Gasteiger partial charge in [0.05, 0.1) is 28.4 Å². The maximum Gasteiger partial charge on any atom is 0.390 e. The molecule has 0 aliphatic carbocycles. The molecule has 0 radical (unpaired) electrons. The molecular weight excluding hydrogens is 396 g/mol. The molecule has 6 heteroatoms. The molecule has 0 unspecified atom stereocenters. The zero-order valence-corrected chi connectivity index (χ0v) is 17.7. The van der Waals surface area contributed by atoms with E-state index < -0.39 is 5.97 Å². The zero-order chi connectivity index (χ0) is 22.2. The average molecular weight is 418 g/mol. The van der Waals surface area contributed by atoms with Crippen molar-refractivity contribution in [3.63, 3.8) is 0 Å². The summed E-state index contributed by atoms with van der Waals surface area (Å²) >= 11 is 0. The topological polar surface area (TPSA) is 63.2 Å². The van der Waals surface area contributed by atoms with E-state index in [1.807, 2.05) is 48.5 Å². The summed E-state index contributed by atoms with van der Waals surface area (Å²) in [7, 11) is 6.10. The molecule has 158 valence electrons. The molecule has 6 nitrogen and oxygen atoms in total. The second kappa shape index (κ2) is 10.1. The molecule has 3 aromatic carbocycles. The average Bonchev–Trinajstić information content (AvgIpc) is 2.82. The molecule has 0 saturated carbocycles. The molecule has 0 N–H and O–H groups in total. The van der Waals surface area contributed by atoms with E-state index in [0.717, 1.165) is 16.9 Å². The highest BCUT2D eigenvalue weighted by atomic mass is 16.5. The molecule has 3 aromatic rings. The van der Waals surface area contributed by atoms with Gasteiger partial charge in [0.15, 0.2) is 11.5 Å². The lowest BCUT2D eigenvalue weighted by atomic mass is 10.0. The van der Waals surface area contributed by atoms with Gasteiger partial charge in [-0.3, -0.25) is 0 Å². The van der Waals surface area contributed by atoms with Crippen molar-refractivity contribution in [3.05, 3.63) is 66.2 Å². The molecule has 0 fully saturated rings. The van der Waals surface area contributed by atoms with Crippen LogP contribution in [0.4, 0.5) is 0 Å². The molecule has 31 heavy (non-hydrogen) atoms. The van der Waals surface area contributed by atoms with Crippen molar-refractivity contribution < 1.29 is 28.5 Å². The maximum absolute atomic E-state index is 12.2. The lowest BCUT2D eigenvalue weighted by Crippen LogP contribution is -2.05. The first kappa shape index (κ1) is 21.6. The van der Waals surface area contributed by atoms with E-state index in [4.69, 9.17) is 23.7 Å². The SMILES string of the molecule is COc1ccc(-c2ccc(C#CC(=O)Oc3cc(OC)c(OC)c(OC)c3)cc2)cc1. The number of rotatable bonds is 6. The van der Waals surface area contributed by atoms with Crippen LogP contribution in [0.5, 0.6) is 28.7 Å². The molecule has 0 aliphatic rings. The van der Waals surface area contributed by atoms with Crippen LogP contribution in [0.25, 0.3) is 11.1 Å². The highest BCUT2D eigenvalue weighted by Crippen LogP contribution is 2.40. The van der Waals surface area contributed by atoms with E-state index >= 15 is 0 Å². The van der Waals surface area contributed by atoms with Crippen molar-refractivity contribution >= 4 is 5.97 Å². The standard InChI is InChI=1S/C25H22O6/c1-27-20-12-10-19(11-13-20)18-8-5-17(6-9-18)7-14-24(26)31-21-15-22(28-2)25(30-4)23(16-21)29-3/h5-6,8-13,15-16H,1-4H3. The van der Waals surface area contributed by atoms with E-state index in [-0.39, 0.29) is 5.75 Å². The van der Waals surface area contributed by atoms with E-state index in [2.05, 4.69) is 11.8 Å². The Kier molecular flexibility index (Phi) is 7.02. The van der Waals surface area contributed by atoms with Crippen LogP contribution in [0.15, 0.2) is 60.7 Å². The van der Waals surface area contributed by atoms with Gasteiger partial charge in [-0.05, 0) is 35.4 Å². The first-order valence-electron chi connectivity index (χ1n) is 9.36. The van der Waals surface area contributed by atoms with Gasteiger partial charge < -0.3 is 23.7 Å². The summed E-state index contributed by atoms with van der Waals surface area (Å²) < 4.78 is 26.2. The van der Waals surface area contributed by atoms with Crippen LogP contribution in [0, 0.1) is 11.8 Å². The van der Waals surface area contributed by atoms with Crippen LogP contribution in [0.3, 0.4) is 0 Å². The van der Waals surface area contributed by atoms with Crippen molar-refractivity contribution in [3.8, 4) is 51.7 Å². The van der Waals surface area contributed by atoms with Gasteiger partial charge in [0.25, 0.3) is 0 Å². The lowest BCUT2D eigenvalue weighted by molar-refractivity contribution is -0.128. The third kappa shape index (κ3) is 5.28. The Morgan fingerprint density at radius 1 is 0.677 bits per heavy atom. The Bertz CT molecular complexity index is 1080.